The summed E-state index contributed by atoms with van der Waals surface area (Å²) in [6.45, 7) is 0.309. The van der Waals surface area contributed by atoms with E-state index in [1.807, 2.05) is 60.7 Å². The van der Waals surface area contributed by atoms with Crippen LogP contribution in [0.1, 0.15) is 15.9 Å². The Morgan fingerprint density at radius 3 is 2.21 bits per heavy atom. The second-order valence-corrected chi connectivity index (χ2v) is 6.33. The van der Waals surface area contributed by atoms with Gasteiger partial charge in [0.05, 0.1) is 23.1 Å². The molecular formula is C23H18FN3O. The predicted octanol–water partition coefficient (Wildman–Crippen LogP) is 4.61. The van der Waals surface area contributed by atoms with Crippen molar-refractivity contribution in [3.8, 4) is 16.9 Å². The highest BCUT2D eigenvalue weighted by Gasteiger charge is 2.19. The second kappa shape index (κ2) is 7.88. The van der Waals surface area contributed by atoms with E-state index in [2.05, 4.69) is 10.4 Å². The molecule has 0 aliphatic heterocycles. The first-order valence-corrected chi connectivity index (χ1v) is 8.94. The Balaban J connectivity index is 1.67. The van der Waals surface area contributed by atoms with Gasteiger partial charge in [-0.3, -0.25) is 4.79 Å². The van der Waals surface area contributed by atoms with Crippen LogP contribution in [0.5, 0.6) is 0 Å². The number of carbonyl (C=O) groups excluding carboxylic acids is 1. The highest BCUT2D eigenvalue weighted by molar-refractivity contribution is 6.00. The Morgan fingerprint density at radius 2 is 1.54 bits per heavy atom. The summed E-state index contributed by atoms with van der Waals surface area (Å²) in [6.07, 6.45) is 1.58. The predicted molar refractivity (Wildman–Crippen MR) is 107 cm³/mol. The van der Waals surface area contributed by atoms with Crippen LogP contribution >= 0.6 is 0 Å². The molecule has 3 aromatic carbocycles. The van der Waals surface area contributed by atoms with Crippen molar-refractivity contribution in [1.82, 2.24) is 15.1 Å². The molecule has 0 aliphatic carbocycles. The van der Waals surface area contributed by atoms with Crippen LogP contribution in [-0.2, 0) is 6.54 Å². The van der Waals surface area contributed by atoms with Crippen molar-refractivity contribution < 1.29 is 9.18 Å². The molecule has 0 atom stereocenters. The number of nitrogens with zero attached hydrogens (tertiary/aromatic N) is 2. The third-order valence-electron chi connectivity index (χ3n) is 4.43. The lowest BCUT2D eigenvalue weighted by Crippen LogP contribution is -2.23. The van der Waals surface area contributed by atoms with Crippen LogP contribution in [0.15, 0.2) is 91.1 Å². The number of amides is 1. The third-order valence-corrected chi connectivity index (χ3v) is 4.43. The number of halogens is 1. The highest BCUT2D eigenvalue weighted by atomic mass is 19.1. The average molecular weight is 371 g/mol. The smallest absolute Gasteiger partial charge is 0.255 e. The number of hydrogen-bond acceptors (Lipinski definition) is 2. The molecule has 1 N–H and O–H groups in total. The van der Waals surface area contributed by atoms with Gasteiger partial charge in [-0.15, -0.1) is 0 Å². The molecule has 28 heavy (non-hydrogen) atoms. The number of para-hydroxylation sites is 1. The lowest BCUT2D eigenvalue weighted by Gasteiger charge is -2.11. The molecule has 0 radical (unpaired) electrons. The summed E-state index contributed by atoms with van der Waals surface area (Å²) in [4.78, 5) is 12.9. The average Bonchev–Trinajstić information content (AvgIpc) is 3.20. The van der Waals surface area contributed by atoms with E-state index in [-0.39, 0.29) is 11.7 Å². The highest BCUT2D eigenvalue weighted by Crippen LogP contribution is 2.26. The van der Waals surface area contributed by atoms with E-state index in [1.54, 1.807) is 23.0 Å². The normalized spacial score (nSPS) is 10.6. The monoisotopic (exact) mass is 371 g/mol. The van der Waals surface area contributed by atoms with Crippen LogP contribution in [0, 0.1) is 5.82 Å². The second-order valence-electron chi connectivity index (χ2n) is 6.33. The maximum Gasteiger partial charge on any atom is 0.255 e. The zero-order valence-electron chi connectivity index (χ0n) is 15.0. The first-order chi connectivity index (χ1) is 13.7. The SMILES string of the molecule is O=C(NCc1ccc(F)cc1)c1cnn(-c2ccccc2)c1-c1ccccc1. The van der Waals surface area contributed by atoms with Gasteiger partial charge in [0.1, 0.15) is 5.82 Å². The summed E-state index contributed by atoms with van der Waals surface area (Å²) in [5, 5.41) is 7.35. The first kappa shape index (κ1) is 17.7. The molecule has 0 spiro atoms. The van der Waals surface area contributed by atoms with Crippen molar-refractivity contribution in [2.75, 3.05) is 0 Å². The fraction of sp³-hybridized carbons (Fsp3) is 0.0435. The Hall–Kier alpha value is -3.73. The molecule has 0 bridgehead atoms. The van der Waals surface area contributed by atoms with Crippen molar-refractivity contribution in [2.24, 2.45) is 0 Å². The number of hydrogen-bond donors (Lipinski definition) is 1. The zero-order valence-corrected chi connectivity index (χ0v) is 15.0. The van der Waals surface area contributed by atoms with Crippen LogP contribution in [0.25, 0.3) is 16.9 Å². The Bertz CT molecular complexity index is 1070. The van der Waals surface area contributed by atoms with Gasteiger partial charge in [-0.25, -0.2) is 9.07 Å². The molecular weight excluding hydrogens is 353 g/mol. The quantitative estimate of drug-likeness (QED) is 0.557. The van der Waals surface area contributed by atoms with Gasteiger partial charge in [-0.2, -0.15) is 5.10 Å². The fourth-order valence-corrected chi connectivity index (χ4v) is 3.03. The van der Waals surface area contributed by atoms with Gasteiger partial charge >= 0.3 is 0 Å². The minimum absolute atomic E-state index is 0.231. The lowest BCUT2D eigenvalue weighted by atomic mass is 10.1. The van der Waals surface area contributed by atoms with E-state index >= 15 is 0 Å². The van der Waals surface area contributed by atoms with Gasteiger partial charge in [0.25, 0.3) is 5.91 Å². The summed E-state index contributed by atoms with van der Waals surface area (Å²) in [6, 6.07) is 25.4. The molecule has 1 heterocycles. The molecule has 4 rings (SSSR count). The molecule has 5 heteroatoms. The molecule has 0 saturated carbocycles. The van der Waals surface area contributed by atoms with E-state index < -0.39 is 0 Å². The largest absolute Gasteiger partial charge is 0.348 e. The van der Waals surface area contributed by atoms with Gasteiger partial charge in [0.15, 0.2) is 0 Å². The molecule has 4 nitrogen and oxygen atoms in total. The number of carbonyl (C=O) groups is 1. The van der Waals surface area contributed by atoms with Crippen molar-refractivity contribution in [3.63, 3.8) is 0 Å². The van der Waals surface area contributed by atoms with Crippen LogP contribution < -0.4 is 5.32 Å². The maximum absolute atomic E-state index is 13.1. The van der Waals surface area contributed by atoms with Gasteiger partial charge in [0, 0.05) is 12.1 Å². The van der Waals surface area contributed by atoms with Crippen LogP contribution in [-0.4, -0.2) is 15.7 Å². The maximum atomic E-state index is 13.1. The molecule has 0 fully saturated rings. The minimum Gasteiger partial charge on any atom is -0.348 e. The summed E-state index contributed by atoms with van der Waals surface area (Å²) in [5.74, 6) is -0.532. The fourth-order valence-electron chi connectivity index (χ4n) is 3.03. The summed E-state index contributed by atoms with van der Waals surface area (Å²) in [7, 11) is 0. The van der Waals surface area contributed by atoms with Gasteiger partial charge in [-0.1, -0.05) is 60.7 Å². The number of nitrogens with one attached hydrogen (secondary N) is 1. The van der Waals surface area contributed by atoms with E-state index in [4.69, 9.17) is 0 Å². The summed E-state index contributed by atoms with van der Waals surface area (Å²) < 4.78 is 14.8. The Morgan fingerprint density at radius 1 is 0.893 bits per heavy atom. The number of benzene rings is 3. The molecule has 4 aromatic rings. The van der Waals surface area contributed by atoms with Crippen LogP contribution in [0.4, 0.5) is 4.39 Å². The molecule has 1 aromatic heterocycles. The summed E-state index contributed by atoms with van der Waals surface area (Å²) >= 11 is 0. The first-order valence-electron chi connectivity index (χ1n) is 8.94. The third kappa shape index (κ3) is 3.69. The van der Waals surface area contributed by atoms with Crippen molar-refractivity contribution >= 4 is 5.91 Å². The van der Waals surface area contributed by atoms with Crippen molar-refractivity contribution in [3.05, 3.63) is 108 Å². The van der Waals surface area contributed by atoms with E-state index in [9.17, 15) is 9.18 Å². The van der Waals surface area contributed by atoms with E-state index in [0.717, 1.165) is 22.5 Å². The lowest BCUT2D eigenvalue weighted by molar-refractivity contribution is 0.0951. The van der Waals surface area contributed by atoms with E-state index in [0.29, 0.717) is 12.1 Å². The Kier molecular flexibility index (Phi) is 4.97. The summed E-state index contributed by atoms with van der Waals surface area (Å²) in [5.41, 5.74) is 3.81. The van der Waals surface area contributed by atoms with Gasteiger partial charge < -0.3 is 5.32 Å². The topological polar surface area (TPSA) is 46.9 Å². The van der Waals surface area contributed by atoms with Crippen molar-refractivity contribution in [2.45, 2.75) is 6.54 Å². The molecule has 0 saturated heterocycles. The Labute approximate surface area is 162 Å². The molecule has 138 valence electrons. The number of rotatable bonds is 5. The zero-order chi connectivity index (χ0) is 19.3. The molecule has 1 amide bonds. The van der Waals surface area contributed by atoms with E-state index in [1.165, 1.54) is 12.1 Å². The van der Waals surface area contributed by atoms with Crippen LogP contribution in [0.3, 0.4) is 0 Å². The van der Waals surface area contributed by atoms with Crippen LogP contribution in [0.2, 0.25) is 0 Å². The van der Waals surface area contributed by atoms with Gasteiger partial charge in [-0.05, 0) is 29.8 Å². The number of aromatic nitrogens is 2. The van der Waals surface area contributed by atoms with Crippen molar-refractivity contribution in [1.29, 1.82) is 0 Å². The van der Waals surface area contributed by atoms with Gasteiger partial charge in [0.2, 0.25) is 0 Å². The molecule has 0 unspecified atom stereocenters. The standard InChI is InChI=1S/C23H18FN3O/c24-19-13-11-17(12-14-19)15-25-23(28)21-16-26-27(20-9-5-2-6-10-20)22(21)18-7-3-1-4-8-18/h1-14,16H,15H2,(H,25,28). The minimum atomic E-state index is -0.300. The molecule has 0 aliphatic rings.